The fourth-order valence-corrected chi connectivity index (χ4v) is 11.4. The molecular formula is C70H65N3. The van der Waals surface area contributed by atoms with Crippen molar-refractivity contribution < 1.29 is 0 Å². The molecule has 73 heavy (non-hydrogen) atoms. The number of aryl methyl sites for hydroxylation is 2. The molecule has 3 nitrogen and oxygen atoms in total. The fourth-order valence-electron chi connectivity index (χ4n) is 11.4. The molecule has 2 aliphatic rings. The van der Waals surface area contributed by atoms with E-state index in [2.05, 4.69) is 234 Å². The Balaban J connectivity index is 0.971. The summed E-state index contributed by atoms with van der Waals surface area (Å²) in [6.45, 7) is 11.1. The zero-order valence-corrected chi connectivity index (χ0v) is 42.9. The second-order valence-electron chi connectivity index (χ2n) is 19.6. The van der Waals surface area contributed by atoms with Crippen LogP contribution in [0, 0.1) is 0 Å². The number of hydrogen-bond acceptors (Lipinski definition) is 3. The summed E-state index contributed by atoms with van der Waals surface area (Å²) < 4.78 is 0. The topological polar surface area (TPSA) is 37.1 Å². The van der Waals surface area contributed by atoms with Gasteiger partial charge in [-0.25, -0.2) is 0 Å². The van der Waals surface area contributed by atoms with Gasteiger partial charge in [-0.2, -0.15) is 0 Å². The van der Waals surface area contributed by atoms with Gasteiger partial charge in [0.25, 0.3) is 0 Å². The van der Waals surface area contributed by atoms with E-state index in [1.165, 1.54) is 79.8 Å². The van der Waals surface area contributed by atoms with Crippen LogP contribution in [-0.4, -0.2) is 24.7 Å². The van der Waals surface area contributed by atoms with E-state index in [4.69, 9.17) is 15.0 Å². The van der Waals surface area contributed by atoms with Crippen molar-refractivity contribution in [1.29, 1.82) is 0 Å². The van der Waals surface area contributed by atoms with Crippen LogP contribution in [0.1, 0.15) is 120 Å². The predicted octanol–water partition coefficient (Wildman–Crippen LogP) is 17.9. The van der Waals surface area contributed by atoms with Crippen molar-refractivity contribution in [3.63, 3.8) is 0 Å². The number of rotatable bonds is 14. The van der Waals surface area contributed by atoms with Crippen LogP contribution in [-0.2, 0) is 18.3 Å². The van der Waals surface area contributed by atoms with Crippen molar-refractivity contribution in [2.45, 2.75) is 77.6 Å². The van der Waals surface area contributed by atoms with Crippen molar-refractivity contribution in [2.24, 2.45) is 15.0 Å². The van der Waals surface area contributed by atoms with Crippen LogP contribution in [0.2, 0.25) is 0 Å². The normalized spacial score (nSPS) is 15.5. The van der Waals surface area contributed by atoms with E-state index in [9.17, 15) is 0 Å². The smallest absolute Gasteiger partial charge is 0.0729 e. The summed E-state index contributed by atoms with van der Waals surface area (Å²) in [4.78, 5) is 15.7. The third-order valence-electron chi connectivity index (χ3n) is 15.2. The van der Waals surface area contributed by atoms with Crippen molar-refractivity contribution in [1.82, 2.24) is 0 Å². The first kappa shape index (κ1) is 48.6. The van der Waals surface area contributed by atoms with Gasteiger partial charge in [0, 0.05) is 41.1 Å². The maximum atomic E-state index is 5.47. The van der Waals surface area contributed by atoms with Crippen LogP contribution in [0.15, 0.2) is 227 Å². The van der Waals surface area contributed by atoms with E-state index < -0.39 is 0 Å². The van der Waals surface area contributed by atoms with Gasteiger partial charge in [-0.15, -0.1) is 0 Å². The van der Waals surface area contributed by atoms with Crippen LogP contribution < -0.4 is 0 Å². The molecule has 8 aromatic carbocycles. The molecule has 0 heterocycles. The molecule has 1 saturated carbocycles. The molecule has 0 saturated heterocycles. The van der Waals surface area contributed by atoms with E-state index in [1.807, 2.05) is 13.3 Å². The summed E-state index contributed by atoms with van der Waals surface area (Å²) in [5, 5.41) is 4.74. The third-order valence-corrected chi connectivity index (χ3v) is 15.2. The number of nitrogens with zero attached hydrogens (tertiary/aromatic N) is 3. The minimum atomic E-state index is -0.0781. The maximum absolute atomic E-state index is 5.47. The number of fused-ring (bicyclic) bond motifs is 3. The van der Waals surface area contributed by atoms with Crippen molar-refractivity contribution in [3.05, 3.63) is 274 Å². The summed E-state index contributed by atoms with van der Waals surface area (Å²) in [5.41, 5.74) is 19.1. The van der Waals surface area contributed by atoms with Gasteiger partial charge < -0.3 is 0 Å². The Labute approximate surface area is 433 Å². The highest BCUT2D eigenvalue weighted by atomic mass is 14.8. The Morgan fingerprint density at radius 3 is 1.95 bits per heavy atom. The third kappa shape index (κ3) is 10.2. The predicted molar refractivity (Wildman–Crippen MR) is 315 cm³/mol. The number of benzene rings is 8. The maximum Gasteiger partial charge on any atom is 0.0729 e. The first-order valence-corrected chi connectivity index (χ1v) is 26.3. The molecular weight excluding hydrogens is 883 g/mol. The fraction of sp³-hybridized carbons (Fsp3) is 0.186. The van der Waals surface area contributed by atoms with E-state index in [0.29, 0.717) is 0 Å². The van der Waals surface area contributed by atoms with Crippen LogP contribution in [0.5, 0.6) is 0 Å². The zero-order valence-electron chi connectivity index (χ0n) is 42.9. The first-order valence-electron chi connectivity index (χ1n) is 26.3. The monoisotopic (exact) mass is 948 g/mol. The highest BCUT2D eigenvalue weighted by Gasteiger charge is 2.35. The molecule has 1 fully saturated rings. The Morgan fingerprint density at radius 1 is 0.630 bits per heavy atom. The molecule has 0 amide bonds. The summed E-state index contributed by atoms with van der Waals surface area (Å²) in [7, 11) is 1.88. The average molecular weight is 948 g/mol. The number of allylic oxidation sites excluding steroid dienone is 6. The highest BCUT2D eigenvalue weighted by molar-refractivity contribution is 6.19. The Hall–Kier alpha value is -8.01. The lowest BCUT2D eigenvalue weighted by Gasteiger charge is -2.39. The van der Waals surface area contributed by atoms with Gasteiger partial charge in [0.2, 0.25) is 0 Å². The molecule has 3 heteroatoms. The molecule has 0 aromatic heterocycles. The van der Waals surface area contributed by atoms with Crippen LogP contribution in [0.4, 0.5) is 0 Å². The van der Waals surface area contributed by atoms with Gasteiger partial charge >= 0.3 is 0 Å². The van der Waals surface area contributed by atoms with Crippen molar-refractivity contribution >= 4 is 62.2 Å². The van der Waals surface area contributed by atoms with Crippen LogP contribution in [0.3, 0.4) is 0 Å². The van der Waals surface area contributed by atoms with Crippen molar-refractivity contribution in [3.8, 4) is 0 Å². The molecule has 2 aliphatic carbocycles. The minimum absolute atomic E-state index is 0.0781. The van der Waals surface area contributed by atoms with Gasteiger partial charge in [-0.05, 0) is 135 Å². The molecule has 0 atom stereocenters. The van der Waals surface area contributed by atoms with Crippen molar-refractivity contribution in [2.75, 3.05) is 7.05 Å². The van der Waals surface area contributed by atoms with E-state index >= 15 is 0 Å². The molecule has 10 rings (SSSR count). The second kappa shape index (κ2) is 22.2. The molecule has 0 spiro atoms. The summed E-state index contributed by atoms with van der Waals surface area (Å²) in [6.07, 6.45) is 21.9. The molecule has 360 valence electrons. The van der Waals surface area contributed by atoms with Gasteiger partial charge in [-0.1, -0.05) is 227 Å². The van der Waals surface area contributed by atoms with E-state index in [0.717, 1.165) is 88.3 Å². The molecule has 8 aromatic rings. The first-order chi connectivity index (χ1) is 35.9. The van der Waals surface area contributed by atoms with Crippen LogP contribution in [0.25, 0.3) is 44.6 Å². The molecule has 0 N–H and O–H groups in total. The van der Waals surface area contributed by atoms with Gasteiger partial charge in [0.1, 0.15) is 0 Å². The summed E-state index contributed by atoms with van der Waals surface area (Å²) in [6, 6.07) is 63.9. The highest BCUT2D eigenvalue weighted by Crippen LogP contribution is 2.45. The van der Waals surface area contributed by atoms with Crippen LogP contribution >= 0.6 is 0 Å². The molecule has 0 radical (unpaired) electrons. The van der Waals surface area contributed by atoms with E-state index in [1.54, 1.807) is 0 Å². The largest absolute Gasteiger partial charge is 0.288 e. The average Bonchev–Trinajstić information content (AvgIpc) is 3.45. The lowest BCUT2D eigenvalue weighted by molar-refractivity contribution is 0.346. The van der Waals surface area contributed by atoms with Gasteiger partial charge in [0.05, 0.1) is 17.1 Å². The number of aliphatic imine (C=N–C) groups is 3. The van der Waals surface area contributed by atoms with Gasteiger partial charge in [-0.3, -0.25) is 15.0 Å². The number of hydrogen-bond donors (Lipinski definition) is 0. The standard InChI is InChI=1S/C70H65N3/c1-6-21-60-52(7-2)25-17-34-65(60)68(47-67(71-5)64-33-19-27-55-23-10-13-30-62(55)64)72-48-51-36-40-57(41-37-51)70(44-15-8-16-45-70)58-42-38-53(39-43-58)50(4)73-69(66-35-20-28-56-24-11-14-31-63(56)66)46-49(3)59-32-18-26-54-22-9-12-29-61(54)59/h6,9-14,17,19-25,27-43,46-48H,3,7-8,15-16,18,26,44-45H2,1-2,4-5H3/b21-6-,68-47-,69-46-,71-67?,72-48?,73-50?. The van der Waals surface area contributed by atoms with E-state index in [-0.39, 0.29) is 5.41 Å². The Bertz CT molecular complexity index is 3540. The Morgan fingerprint density at radius 2 is 1.25 bits per heavy atom. The molecule has 0 unspecified atom stereocenters. The summed E-state index contributed by atoms with van der Waals surface area (Å²) in [5.74, 6) is 0. The minimum Gasteiger partial charge on any atom is -0.288 e. The quantitative estimate of drug-likeness (QED) is 0.0769. The SMILES string of the molecule is C=C(/C=C(\N=C(C)c1ccc(C2(c3ccc(C=N/C(=C\C(=NC)c4cccc5ccccc45)c4cccc(CC)c4/C=C\C)cc3)CCCCC2)cc1)c1cccc2ccccc12)C1=CCCc2ccccc21. The van der Waals surface area contributed by atoms with Gasteiger partial charge in [0.15, 0.2) is 0 Å². The lowest BCUT2D eigenvalue weighted by atomic mass is 9.65. The Kier molecular flexibility index (Phi) is 14.8. The summed E-state index contributed by atoms with van der Waals surface area (Å²) >= 11 is 0. The molecule has 0 aliphatic heterocycles. The molecule has 0 bridgehead atoms. The zero-order chi connectivity index (χ0) is 50.2. The lowest BCUT2D eigenvalue weighted by Crippen LogP contribution is -2.30. The second-order valence-corrected chi connectivity index (χ2v) is 19.6.